The summed E-state index contributed by atoms with van der Waals surface area (Å²) in [6.07, 6.45) is 0. The molecular weight excluding hydrogens is 490 g/mol. The smallest absolute Gasteiger partial charge is 0.237 e. The third-order valence-electron chi connectivity index (χ3n) is 8.45. The summed E-state index contributed by atoms with van der Waals surface area (Å²) in [5, 5.41) is 5.73. The average Bonchev–Trinajstić information content (AvgIpc) is 3.66. The van der Waals surface area contributed by atoms with Crippen molar-refractivity contribution in [2.45, 2.75) is 0 Å². The molecule has 4 aromatic heterocycles. The Kier molecular flexibility index (Phi) is 3.62. The van der Waals surface area contributed by atoms with Crippen LogP contribution in [0.3, 0.4) is 0 Å². The minimum Gasteiger partial charge on any atom is -0.277 e. The molecule has 10 rings (SSSR count). The van der Waals surface area contributed by atoms with Crippen LogP contribution in [0.4, 0.5) is 0 Å². The van der Waals surface area contributed by atoms with Gasteiger partial charge in [0, 0.05) is 27.1 Å². The third-order valence-corrected chi connectivity index (χ3v) is 8.45. The zero-order valence-corrected chi connectivity index (χ0v) is 21.2. The van der Waals surface area contributed by atoms with Crippen molar-refractivity contribution in [1.29, 1.82) is 0 Å². The van der Waals surface area contributed by atoms with Crippen molar-refractivity contribution in [1.82, 2.24) is 23.9 Å². The van der Waals surface area contributed by atoms with Crippen LogP contribution in [0.2, 0.25) is 0 Å². The molecule has 0 atom stereocenters. The second-order valence-electron chi connectivity index (χ2n) is 10.5. The van der Waals surface area contributed by atoms with Gasteiger partial charge in [-0.05, 0) is 34.7 Å². The van der Waals surface area contributed by atoms with E-state index in [1.165, 1.54) is 21.9 Å². The van der Waals surface area contributed by atoms with Crippen molar-refractivity contribution in [3.05, 3.63) is 115 Å². The summed E-state index contributed by atoms with van der Waals surface area (Å²) in [5.74, 6) is 0.654. The highest BCUT2D eigenvalue weighted by atomic mass is 15.2. The van der Waals surface area contributed by atoms with Crippen LogP contribution in [0.25, 0.3) is 88.6 Å². The number of imidazole rings is 1. The van der Waals surface area contributed by atoms with Crippen LogP contribution in [0.15, 0.2) is 115 Å². The molecule has 0 saturated heterocycles. The molecule has 0 radical (unpaired) electrons. The van der Waals surface area contributed by atoms with Crippen molar-refractivity contribution in [3.8, 4) is 28.3 Å². The third kappa shape index (κ3) is 2.37. The minimum absolute atomic E-state index is 0.654. The van der Waals surface area contributed by atoms with E-state index in [0.29, 0.717) is 5.95 Å². The first-order valence-electron chi connectivity index (χ1n) is 13.5. The summed E-state index contributed by atoms with van der Waals surface area (Å²) in [6, 6.07) is 40.5. The quantitative estimate of drug-likeness (QED) is 0.209. The van der Waals surface area contributed by atoms with Gasteiger partial charge in [0.05, 0.1) is 22.2 Å². The Labute approximate surface area is 227 Å². The van der Waals surface area contributed by atoms with E-state index in [4.69, 9.17) is 15.0 Å². The maximum atomic E-state index is 5.31. The zero-order valence-electron chi connectivity index (χ0n) is 21.2. The molecule has 0 spiro atoms. The van der Waals surface area contributed by atoms with Gasteiger partial charge in [0.25, 0.3) is 0 Å². The highest BCUT2D eigenvalue weighted by Gasteiger charge is 2.27. The molecule has 0 fully saturated rings. The van der Waals surface area contributed by atoms with Crippen molar-refractivity contribution in [2.75, 3.05) is 0 Å². The monoisotopic (exact) mass is 509 g/mol. The Bertz CT molecular complexity index is 2550. The zero-order chi connectivity index (χ0) is 25.9. The predicted molar refractivity (Wildman–Crippen MR) is 162 cm³/mol. The Balaban J connectivity index is 1.44. The number of aromatic nitrogens is 5. The standard InChI is InChI=1S/C35H19N5/c1-3-13-24-21(11-1)23-16-9-17-27-30(23)31(24)38-35(36-27)40-29-19-8-6-15-26(29)32-34(40)39-28-18-7-5-12-22(28)20-10-2-4-14-25(20)33(39)37-32/h1-19H. The van der Waals surface area contributed by atoms with E-state index < -0.39 is 0 Å². The van der Waals surface area contributed by atoms with E-state index in [2.05, 4.69) is 124 Å². The van der Waals surface area contributed by atoms with Gasteiger partial charge in [-0.25, -0.2) is 15.0 Å². The molecule has 0 N–H and O–H groups in total. The van der Waals surface area contributed by atoms with Gasteiger partial charge in [0.1, 0.15) is 11.2 Å². The molecule has 184 valence electrons. The molecule has 5 nitrogen and oxygen atoms in total. The van der Waals surface area contributed by atoms with E-state index in [1.807, 2.05) is 0 Å². The molecular formula is C35H19N5. The fourth-order valence-corrected chi connectivity index (χ4v) is 6.82. The number of benzene rings is 5. The fourth-order valence-electron chi connectivity index (χ4n) is 6.82. The highest BCUT2D eigenvalue weighted by Crippen LogP contribution is 2.46. The molecule has 0 unspecified atom stereocenters. The van der Waals surface area contributed by atoms with Crippen molar-refractivity contribution in [3.63, 3.8) is 0 Å². The molecule has 5 aromatic carbocycles. The molecule has 5 heteroatoms. The summed E-state index contributed by atoms with van der Waals surface area (Å²) in [7, 11) is 0. The van der Waals surface area contributed by atoms with E-state index in [1.54, 1.807) is 0 Å². The lowest BCUT2D eigenvalue weighted by molar-refractivity contribution is 0.994. The number of para-hydroxylation sites is 2. The van der Waals surface area contributed by atoms with Gasteiger partial charge in [-0.2, -0.15) is 0 Å². The van der Waals surface area contributed by atoms with E-state index in [9.17, 15) is 0 Å². The number of pyridine rings is 1. The van der Waals surface area contributed by atoms with E-state index in [-0.39, 0.29) is 0 Å². The highest BCUT2D eigenvalue weighted by molar-refractivity contribution is 6.17. The van der Waals surface area contributed by atoms with Crippen molar-refractivity contribution in [2.24, 2.45) is 0 Å². The summed E-state index contributed by atoms with van der Waals surface area (Å²) in [5.41, 5.74) is 10.5. The lowest BCUT2D eigenvalue weighted by Gasteiger charge is -2.12. The van der Waals surface area contributed by atoms with Gasteiger partial charge in [-0.3, -0.25) is 8.97 Å². The minimum atomic E-state index is 0.654. The molecule has 0 amide bonds. The summed E-state index contributed by atoms with van der Waals surface area (Å²) < 4.78 is 4.50. The molecule has 1 aliphatic rings. The van der Waals surface area contributed by atoms with Crippen LogP contribution in [0, 0.1) is 0 Å². The van der Waals surface area contributed by atoms with Gasteiger partial charge in [0.2, 0.25) is 5.95 Å². The van der Waals surface area contributed by atoms with Gasteiger partial charge in [0.15, 0.2) is 5.65 Å². The van der Waals surface area contributed by atoms with Crippen LogP contribution in [0.1, 0.15) is 0 Å². The lowest BCUT2D eigenvalue weighted by Crippen LogP contribution is -2.05. The van der Waals surface area contributed by atoms with Crippen LogP contribution in [0.5, 0.6) is 0 Å². The number of fused-ring (bicyclic) bond motifs is 13. The van der Waals surface area contributed by atoms with Gasteiger partial charge >= 0.3 is 0 Å². The van der Waals surface area contributed by atoms with Gasteiger partial charge < -0.3 is 0 Å². The Morgan fingerprint density at radius 3 is 2.02 bits per heavy atom. The maximum Gasteiger partial charge on any atom is 0.237 e. The van der Waals surface area contributed by atoms with Crippen LogP contribution in [-0.2, 0) is 0 Å². The number of nitrogens with zero attached hydrogens (tertiary/aromatic N) is 5. The molecule has 1 aliphatic carbocycles. The molecule has 4 heterocycles. The van der Waals surface area contributed by atoms with Crippen molar-refractivity contribution < 1.29 is 0 Å². The largest absolute Gasteiger partial charge is 0.277 e. The Morgan fingerprint density at radius 2 is 1.15 bits per heavy atom. The molecule has 9 aromatic rings. The Hall–Kier alpha value is -5.55. The first-order valence-corrected chi connectivity index (χ1v) is 13.5. The van der Waals surface area contributed by atoms with Gasteiger partial charge in [-0.15, -0.1) is 0 Å². The first kappa shape index (κ1) is 20.4. The summed E-state index contributed by atoms with van der Waals surface area (Å²) in [6.45, 7) is 0. The molecule has 0 bridgehead atoms. The SMILES string of the molecule is c1ccc2c(c1)-c1cccc3nc(-n4c5ccccc5c5nc6c7ccccc7c7ccccc7n6c54)nc-2c13. The summed E-state index contributed by atoms with van der Waals surface area (Å²) in [4.78, 5) is 15.8. The van der Waals surface area contributed by atoms with Crippen LogP contribution < -0.4 is 0 Å². The molecule has 40 heavy (non-hydrogen) atoms. The number of hydrogen-bond acceptors (Lipinski definition) is 3. The average molecular weight is 510 g/mol. The summed E-state index contributed by atoms with van der Waals surface area (Å²) >= 11 is 0. The predicted octanol–water partition coefficient (Wildman–Crippen LogP) is 8.33. The fraction of sp³-hybridized carbons (Fsp3) is 0. The normalized spacial score (nSPS) is 12.5. The second kappa shape index (κ2) is 7.10. The topological polar surface area (TPSA) is 48.0 Å². The molecule has 0 saturated carbocycles. The first-order chi connectivity index (χ1) is 19.9. The second-order valence-corrected chi connectivity index (χ2v) is 10.5. The van der Waals surface area contributed by atoms with Gasteiger partial charge in [-0.1, -0.05) is 97.1 Å². The maximum absolute atomic E-state index is 5.31. The van der Waals surface area contributed by atoms with Crippen LogP contribution in [-0.4, -0.2) is 23.9 Å². The number of rotatable bonds is 1. The molecule has 0 aliphatic heterocycles. The van der Waals surface area contributed by atoms with E-state index in [0.717, 1.165) is 60.8 Å². The lowest BCUT2D eigenvalue weighted by atomic mass is 10.1. The van der Waals surface area contributed by atoms with Crippen molar-refractivity contribution >= 4 is 60.3 Å². The Morgan fingerprint density at radius 1 is 0.475 bits per heavy atom. The number of hydrogen-bond donors (Lipinski definition) is 0. The van der Waals surface area contributed by atoms with Crippen LogP contribution >= 0.6 is 0 Å². The van der Waals surface area contributed by atoms with E-state index >= 15 is 0 Å².